The molecule has 15 heteroatoms. The van der Waals surface area contributed by atoms with Gasteiger partial charge in [-0.25, -0.2) is 19.6 Å². The molecule has 0 radical (unpaired) electrons. The normalized spacial score (nSPS) is 16.9. The zero-order valence-corrected chi connectivity index (χ0v) is 18.0. The summed E-state index contributed by atoms with van der Waals surface area (Å²) in [6, 6.07) is 6.08. The molecule has 4 rings (SSSR count). The van der Waals surface area contributed by atoms with Crippen molar-refractivity contribution in [2.45, 2.75) is 25.3 Å². The van der Waals surface area contributed by atoms with Crippen molar-refractivity contribution in [3.05, 3.63) is 48.5 Å². The molecule has 2 fully saturated rings. The smallest absolute Gasteiger partial charge is 0.475 e. The number of rotatable bonds is 3. The van der Waals surface area contributed by atoms with Crippen LogP contribution in [0.25, 0.3) is 0 Å². The standard InChI is InChI=1S/C16H19N5.2C2HF3O2/c1-5-18-15(19-6-1)21-12-16(13-21)4-9-20(11-16)10-14-2-7-17-8-3-14;2*3-2(4,5)1(6)7/h1-3,5-8H,4,9-13H2;2*(H,6,7). The quantitative estimate of drug-likeness (QED) is 0.602. The van der Waals surface area contributed by atoms with Crippen LogP contribution in [-0.4, -0.2) is 80.5 Å². The maximum absolute atomic E-state index is 10.6. The van der Waals surface area contributed by atoms with Gasteiger partial charge in [-0.05, 0) is 36.7 Å². The van der Waals surface area contributed by atoms with E-state index in [-0.39, 0.29) is 0 Å². The van der Waals surface area contributed by atoms with Crippen LogP contribution in [0, 0.1) is 5.41 Å². The van der Waals surface area contributed by atoms with Gasteiger partial charge in [0.2, 0.25) is 5.95 Å². The second-order valence-corrected chi connectivity index (χ2v) is 7.83. The van der Waals surface area contributed by atoms with Gasteiger partial charge in [0.05, 0.1) is 0 Å². The molecule has 4 heterocycles. The Morgan fingerprint density at radius 1 is 0.886 bits per heavy atom. The molecule has 1 spiro atoms. The van der Waals surface area contributed by atoms with E-state index in [0.717, 1.165) is 25.6 Å². The Labute approximate surface area is 195 Å². The summed E-state index contributed by atoms with van der Waals surface area (Å²) < 4.78 is 63.5. The van der Waals surface area contributed by atoms with E-state index in [2.05, 4.69) is 36.9 Å². The average Bonchev–Trinajstić information content (AvgIpc) is 3.18. The van der Waals surface area contributed by atoms with Crippen molar-refractivity contribution in [1.82, 2.24) is 19.9 Å². The minimum Gasteiger partial charge on any atom is -0.475 e. The molecule has 2 N–H and O–H groups in total. The van der Waals surface area contributed by atoms with Crippen molar-refractivity contribution in [3.63, 3.8) is 0 Å². The molecule has 2 aromatic heterocycles. The van der Waals surface area contributed by atoms with Gasteiger partial charge in [-0.15, -0.1) is 0 Å². The first-order chi connectivity index (χ1) is 16.2. The van der Waals surface area contributed by atoms with E-state index in [4.69, 9.17) is 19.8 Å². The lowest BCUT2D eigenvalue weighted by atomic mass is 9.79. The van der Waals surface area contributed by atoms with Crippen molar-refractivity contribution in [3.8, 4) is 0 Å². The summed E-state index contributed by atoms with van der Waals surface area (Å²) in [6.07, 6.45) is -1.51. The topological polar surface area (TPSA) is 120 Å². The Morgan fingerprint density at radius 3 is 1.83 bits per heavy atom. The van der Waals surface area contributed by atoms with Gasteiger partial charge in [0.25, 0.3) is 0 Å². The summed E-state index contributed by atoms with van der Waals surface area (Å²) in [5.41, 5.74) is 1.80. The van der Waals surface area contributed by atoms with Crippen LogP contribution in [0.5, 0.6) is 0 Å². The van der Waals surface area contributed by atoms with Crippen molar-refractivity contribution in [2.75, 3.05) is 31.1 Å². The van der Waals surface area contributed by atoms with Crippen LogP contribution in [0.4, 0.5) is 32.3 Å². The highest BCUT2D eigenvalue weighted by atomic mass is 19.4. The van der Waals surface area contributed by atoms with Gasteiger partial charge < -0.3 is 15.1 Å². The van der Waals surface area contributed by atoms with E-state index in [1.807, 2.05) is 30.9 Å². The van der Waals surface area contributed by atoms with Gasteiger partial charge in [0.15, 0.2) is 0 Å². The predicted octanol–water partition coefficient (Wildman–Crippen LogP) is 2.85. The summed E-state index contributed by atoms with van der Waals surface area (Å²) in [7, 11) is 0. The summed E-state index contributed by atoms with van der Waals surface area (Å²) in [5.74, 6) is -4.64. The van der Waals surface area contributed by atoms with Crippen molar-refractivity contribution in [1.29, 1.82) is 0 Å². The summed E-state index contributed by atoms with van der Waals surface area (Å²) in [4.78, 5) is 35.4. The van der Waals surface area contributed by atoms with Crippen LogP contribution in [0.15, 0.2) is 43.0 Å². The van der Waals surface area contributed by atoms with Crippen LogP contribution in [-0.2, 0) is 16.1 Å². The molecule has 2 aromatic rings. The first-order valence-corrected chi connectivity index (χ1v) is 9.95. The van der Waals surface area contributed by atoms with E-state index in [0.29, 0.717) is 5.41 Å². The molecule has 0 unspecified atom stereocenters. The number of halogens is 6. The Morgan fingerprint density at radius 2 is 1.37 bits per heavy atom. The zero-order chi connectivity index (χ0) is 26.3. The molecule has 0 bridgehead atoms. The number of hydrogen-bond donors (Lipinski definition) is 2. The Balaban J connectivity index is 0.000000257. The number of alkyl halides is 6. The molecule has 2 aliphatic rings. The maximum Gasteiger partial charge on any atom is 0.490 e. The highest BCUT2D eigenvalue weighted by molar-refractivity contribution is 5.73. The summed E-state index contributed by atoms with van der Waals surface area (Å²) in [6.45, 7) is 5.57. The van der Waals surface area contributed by atoms with Crippen LogP contribution in [0.1, 0.15) is 12.0 Å². The van der Waals surface area contributed by atoms with Crippen molar-refractivity contribution >= 4 is 17.9 Å². The van der Waals surface area contributed by atoms with Gasteiger partial charge in [-0.3, -0.25) is 9.88 Å². The fourth-order valence-electron chi connectivity index (χ4n) is 3.53. The van der Waals surface area contributed by atoms with Crippen LogP contribution < -0.4 is 4.90 Å². The minimum absolute atomic E-state index is 0.451. The van der Waals surface area contributed by atoms with Crippen LogP contribution >= 0.6 is 0 Å². The first kappa shape index (κ1) is 27.8. The lowest BCUT2D eigenvalue weighted by molar-refractivity contribution is -0.193. The van der Waals surface area contributed by atoms with E-state index in [1.165, 1.54) is 25.1 Å². The first-order valence-electron chi connectivity index (χ1n) is 9.95. The Kier molecular flexibility index (Phi) is 8.95. The summed E-state index contributed by atoms with van der Waals surface area (Å²) in [5, 5.41) is 14.2. The number of aromatic nitrogens is 3. The molecule has 2 aliphatic heterocycles. The second-order valence-electron chi connectivity index (χ2n) is 7.83. The van der Waals surface area contributed by atoms with Gasteiger partial charge in [0, 0.05) is 56.4 Å². The molecule has 0 aliphatic carbocycles. The van der Waals surface area contributed by atoms with Gasteiger partial charge >= 0.3 is 24.3 Å². The highest BCUT2D eigenvalue weighted by Crippen LogP contribution is 2.41. The average molecular weight is 509 g/mol. The van der Waals surface area contributed by atoms with Gasteiger partial charge in [0.1, 0.15) is 0 Å². The molecule has 0 amide bonds. The SMILES string of the molecule is O=C(O)C(F)(F)F.O=C(O)C(F)(F)F.c1cnc(N2CC3(CCN(Cc4ccncc4)C3)C2)nc1. The molecule has 2 saturated heterocycles. The van der Waals surface area contributed by atoms with Gasteiger partial charge in [-0.2, -0.15) is 26.3 Å². The Hall–Kier alpha value is -3.49. The van der Waals surface area contributed by atoms with Crippen LogP contribution in [0.2, 0.25) is 0 Å². The fourth-order valence-corrected chi connectivity index (χ4v) is 3.53. The third-order valence-electron chi connectivity index (χ3n) is 5.05. The van der Waals surface area contributed by atoms with Gasteiger partial charge in [-0.1, -0.05) is 0 Å². The molecule has 35 heavy (non-hydrogen) atoms. The molecule has 9 nitrogen and oxygen atoms in total. The predicted molar refractivity (Wildman–Crippen MR) is 108 cm³/mol. The van der Waals surface area contributed by atoms with Crippen molar-refractivity contribution in [2.24, 2.45) is 5.41 Å². The molecule has 0 atom stereocenters. The molecule has 0 saturated carbocycles. The van der Waals surface area contributed by atoms with E-state index in [9.17, 15) is 26.3 Å². The summed E-state index contributed by atoms with van der Waals surface area (Å²) >= 11 is 0. The number of carboxylic acid groups (broad SMARTS) is 2. The molecule has 0 aromatic carbocycles. The molecule has 192 valence electrons. The molecular formula is C20H21F6N5O4. The number of likely N-dealkylation sites (tertiary alicyclic amines) is 1. The molecular weight excluding hydrogens is 488 g/mol. The van der Waals surface area contributed by atoms with E-state index < -0.39 is 24.3 Å². The van der Waals surface area contributed by atoms with Crippen molar-refractivity contribution < 1.29 is 46.1 Å². The largest absolute Gasteiger partial charge is 0.490 e. The lowest BCUT2D eigenvalue weighted by Gasteiger charge is -2.48. The Bertz CT molecular complexity index is 945. The number of nitrogens with zero attached hydrogens (tertiary/aromatic N) is 5. The highest BCUT2D eigenvalue weighted by Gasteiger charge is 2.48. The number of anilines is 1. The number of carbonyl (C=O) groups is 2. The number of hydrogen-bond acceptors (Lipinski definition) is 7. The van der Waals surface area contributed by atoms with E-state index >= 15 is 0 Å². The fraction of sp³-hybridized carbons (Fsp3) is 0.450. The third kappa shape index (κ3) is 8.66. The monoisotopic (exact) mass is 509 g/mol. The zero-order valence-electron chi connectivity index (χ0n) is 18.0. The van der Waals surface area contributed by atoms with E-state index in [1.54, 1.807) is 0 Å². The van der Waals surface area contributed by atoms with Crippen LogP contribution in [0.3, 0.4) is 0 Å². The lowest BCUT2D eigenvalue weighted by Crippen LogP contribution is -2.58. The third-order valence-corrected chi connectivity index (χ3v) is 5.05. The minimum atomic E-state index is -5.08. The second kappa shape index (κ2) is 11.3. The number of aliphatic carboxylic acids is 2. The number of carboxylic acids is 2. The number of pyridine rings is 1. The maximum atomic E-state index is 10.6.